The number of nitrogens with zero attached hydrogens (tertiary/aromatic N) is 1. The van der Waals surface area contributed by atoms with Crippen LogP contribution < -0.4 is 5.32 Å². The van der Waals surface area contributed by atoms with Gasteiger partial charge in [-0.05, 0) is 31.0 Å². The second-order valence-corrected chi connectivity index (χ2v) is 4.02. The highest BCUT2D eigenvalue weighted by Gasteiger charge is 2.12. The van der Waals surface area contributed by atoms with Gasteiger partial charge in [-0.2, -0.15) is 0 Å². The van der Waals surface area contributed by atoms with Gasteiger partial charge in [0.15, 0.2) is 0 Å². The monoisotopic (exact) mass is 247 g/mol. The number of benzene rings is 1. The van der Waals surface area contributed by atoms with Crippen molar-refractivity contribution in [3.05, 3.63) is 47.0 Å². The molecular formula is C13H14FN3O. The summed E-state index contributed by atoms with van der Waals surface area (Å²) in [5, 5.41) is 2.61. The number of carbonyl (C=O) groups is 1. The molecule has 0 saturated carbocycles. The molecule has 0 aliphatic carbocycles. The number of imidazole rings is 1. The minimum absolute atomic E-state index is 0.339. The predicted octanol–water partition coefficient (Wildman–Crippen LogP) is 2.67. The highest BCUT2D eigenvalue weighted by Crippen LogP contribution is 2.14. The van der Waals surface area contributed by atoms with Gasteiger partial charge in [-0.15, -0.1) is 0 Å². The maximum atomic E-state index is 13.2. The van der Waals surface area contributed by atoms with E-state index >= 15 is 0 Å². The fourth-order valence-electron chi connectivity index (χ4n) is 1.72. The Balaban J connectivity index is 2.25. The molecule has 18 heavy (non-hydrogen) atoms. The number of rotatable bonds is 3. The maximum absolute atomic E-state index is 13.2. The molecule has 5 heteroatoms. The lowest BCUT2D eigenvalue weighted by Gasteiger charge is -2.07. The summed E-state index contributed by atoms with van der Waals surface area (Å²) in [6, 6.07) is 4.22. The average molecular weight is 247 g/mol. The smallest absolute Gasteiger partial charge is 0.258 e. The predicted molar refractivity (Wildman–Crippen MR) is 67.1 cm³/mol. The van der Waals surface area contributed by atoms with Crippen LogP contribution in [0.15, 0.2) is 24.4 Å². The van der Waals surface area contributed by atoms with Crippen molar-refractivity contribution in [3.63, 3.8) is 0 Å². The Morgan fingerprint density at radius 3 is 2.89 bits per heavy atom. The van der Waals surface area contributed by atoms with E-state index in [1.165, 1.54) is 12.1 Å². The molecule has 1 aromatic heterocycles. The topological polar surface area (TPSA) is 57.8 Å². The summed E-state index contributed by atoms with van der Waals surface area (Å²) in [5.74, 6) is -0.419. The molecule has 0 spiro atoms. The van der Waals surface area contributed by atoms with Gasteiger partial charge >= 0.3 is 0 Å². The number of hydrogen-bond donors (Lipinski definition) is 2. The summed E-state index contributed by atoms with van der Waals surface area (Å²) in [5.41, 5.74) is 1.99. The molecule has 1 heterocycles. The Kier molecular flexibility index (Phi) is 3.41. The zero-order valence-electron chi connectivity index (χ0n) is 10.2. The first-order valence-electron chi connectivity index (χ1n) is 5.71. The van der Waals surface area contributed by atoms with Crippen molar-refractivity contribution < 1.29 is 9.18 Å². The minimum atomic E-state index is -0.423. The average Bonchev–Trinajstić information content (AvgIpc) is 2.74. The fourth-order valence-corrected chi connectivity index (χ4v) is 1.72. The molecule has 0 saturated heterocycles. The van der Waals surface area contributed by atoms with E-state index in [2.05, 4.69) is 15.3 Å². The van der Waals surface area contributed by atoms with Crippen molar-refractivity contribution in [2.45, 2.75) is 20.3 Å². The summed E-state index contributed by atoms with van der Waals surface area (Å²) >= 11 is 0. The van der Waals surface area contributed by atoms with Gasteiger partial charge in [-0.25, -0.2) is 9.37 Å². The SMILES string of the molecule is CCc1ccc(F)cc1C(=O)Nc1ncc(C)[nH]1. The molecule has 2 rings (SSSR count). The lowest BCUT2D eigenvalue weighted by atomic mass is 10.0. The quantitative estimate of drug-likeness (QED) is 0.876. The lowest BCUT2D eigenvalue weighted by molar-refractivity contribution is 0.102. The molecule has 0 atom stereocenters. The molecule has 94 valence electrons. The van der Waals surface area contributed by atoms with E-state index in [0.29, 0.717) is 17.9 Å². The molecule has 0 radical (unpaired) electrons. The third-order valence-corrected chi connectivity index (χ3v) is 2.63. The van der Waals surface area contributed by atoms with Crippen molar-refractivity contribution in [2.24, 2.45) is 0 Å². The number of H-pyrrole nitrogens is 1. The van der Waals surface area contributed by atoms with Gasteiger partial charge in [0, 0.05) is 17.5 Å². The van der Waals surface area contributed by atoms with Gasteiger partial charge in [0.1, 0.15) is 5.82 Å². The summed E-state index contributed by atoms with van der Waals surface area (Å²) in [6.07, 6.45) is 2.28. The molecule has 0 aliphatic rings. The number of nitrogens with one attached hydrogen (secondary N) is 2. The summed E-state index contributed by atoms with van der Waals surface area (Å²) in [4.78, 5) is 18.9. The van der Waals surface area contributed by atoms with Gasteiger partial charge < -0.3 is 4.98 Å². The van der Waals surface area contributed by atoms with Crippen LogP contribution in [0, 0.1) is 12.7 Å². The highest BCUT2D eigenvalue weighted by molar-refractivity contribution is 6.04. The van der Waals surface area contributed by atoms with Gasteiger partial charge in [0.2, 0.25) is 5.95 Å². The molecule has 4 nitrogen and oxygen atoms in total. The number of halogens is 1. The van der Waals surface area contributed by atoms with Crippen molar-refractivity contribution in [2.75, 3.05) is 5.32 Å². The van der Waals surface area contributed by atoms with Crippen molar-refractivity contribution in [1.29, 1.82) is 0 Å². The van der Waals surface area contributed by atoms with Crippen LogP contribution >= 0.6 is 0 Å². The van der Waals surface area contributed by atoms with Crippen molar-refractivity contribution in [3.8, 4) is 0 Å². The van der Waals surface area contributed by atoms with Crippen LogP contribution in [0.1, 0.15) is 28.5 Å². The van der Waals surface area contributed by atoms with Crippen molar-refractivity contribution >= 4 is 11.9 Å². The highest BCUT2D eigenvalue weighted by atomic mass is 19.1. The first-order valence-corrected chi connectivity index (χ1v) is 5.71. The Labute approximate surface area is 104 Å². The van der Waals surface area contributed by atoms with Gasteiger partial charge in [-0.1, -0.05) is 13.0 Å². The zero-order valence-corrected chi connectivity index (χ0v) is 10.2. The Morgan fingerprint density at radius 2 is 2.28 bits per heavy atom. The normalized spacial score (nSPS) is 10.4. The number of amides is 1. The molecule has 0 aliphatic heterocycles. The molecular weight excluding hydrogens is 233 g/mol. The Bertz CT molecular complexity index is 577. The third-order valence-electron chi connectivity index (χ3n) is 2.63. The molecule has 0 fully saturated rings. The summed E-state index contributed by atoms with van der Waals surface area (Å²) < 4.78 is 13.2. The van der Waals surface area contributed by atoms with E-state index in [1.54, 1.807) is 12.3 Å². The Hall–Kier alpha value is -2.17. The molecule has 0 bridgehead atoms. The number of aromatic amines is 1. The van der Waals surface area contributed by atoms with Gasteiger partial charge in [0.25, 0.3) is 5.91 Å². The molecule has 1 aromatic carbocycles. The summed E-state index contributed by atoms with van der Waals surface area (Å²) in [6.45, 7) is 3.75. The number of aryl methyl sites for hydroxylation is 2. The largest absolute Gasteiger partial charge is 0.328 e. The van der Waals surface area contributed by atoms with Crippen LogP contribution in [0.4, 0.5) is 10.3 Å². The number of anilines is 1. The van der Waals surface area contributed by atoms with Crippen LogP contribution in [0.5, 0.6) is 0 Å². The van der Waals surface area contributed by atoms with E-state index in [9.17, 15) is 9.18 Å². The van der Waals surface area contributed by atoms with Crippen LogP contribution in [0.25, 0.3) is 0 Å². The standard InChI is InChI=1S/C13H14FN3O/c1-3-9-4-5-10(14)6-11(9)12(18)17-13-15-7-8(2)16-13/h4-7H,3H2,1-2H3,(H2,15,16,17,18). The van der Waals surface area contributed by atoms with Crippen LogP contribution in [0.3, 0.4) is 0 Å². The fraction of sp³-hybridized carbons (Fsp3) is 0.231. The van der Waals surface area contributed by atoms with Crippen LogP contribution in [-0.2, 0) is 6.42 Å². The molecule has 0 unspecified atom stereocenters. The van der Waals surface area contributed by atoms with Crippen LogP contribution in [0.2, 0.25) is 0 Å². The maximum Gasteiger partial charge on any atom is 0.258 e. The molecule has 1 amide bonds. The second kappa shape index (κ2) is 5.00. The van der Waals surface area contributed by atoms with Gasteiger partial charge in [0.05, 0.1) is 0 Å². The first kappa shape index (κ1) is 12.3. The minimum Gasteiger partial charge on any atom is -0.328 e. The van der Waals surface area contributed by atoms with E-state index in [-0.39, 0.29) is 5.91 Å². The second-order valence-electron chi connectivity index (χ2n) is 4.02. The number of carbonyl (C=O) groups excluding carboxylic acids is 1. The van der Waals surface area contributed by atoms with Crippen molar-refractivity contribution in [1.82, 2.24) is 9.97 Å². The third kappa shape index (κ3) is 2.56. The number of aromatic nitrogens is 2. The van der Waals surface area contributed by atoms with E-state index in [0.717, 1.165) is 11.3 Å². The van der Waals surface area contributed by atoms with E-state index < -0.39 is 5.82 Å². The zero-order chi connectivity index (χ0) is 13.1. The molecule has 2 aromatic rings. The van der Waals surface area contributed by atoms with E-state index in [4.69, 9.17) is 0 Å². The van der Waals surface area contributed by atoms with Crippen LogP contribution in [-0.4, -0.2) is 15.9 Å². The summed E-state index contributed by atoms with van der Waals surface area (Å²) in [7, 11) is 0. The molecule has 2 N–H and O–H groups in total. The lowest BCUT2D eigenvalue weighted by Crippen LogP contribution is -2.15. The van der Waals surface area contributed by atoms with E-state index in [1.807, 2.05) is 13.8 Å². The number of hydrogen-bond acceptors (Lipinski definition) is 2. The first-order chi connectivity index (χ1) is 8.60. The Morgan fingerprint density at radius 1 is 1.50 bits per heavy atom. The van der Waals surface area contributed by atoms with Gasteiger partial charge in [-0.3, -0.25) is 10.1 Å².